The van der Waals surface area contributed by atoms with Crippen molar-refractivity contribution in [2.75, 3.05) is 5.84 Å². The summed E-state index contributed by atoms with van der Waals surface area (Å²) in [5.41, 5.74) is 0.987. The Hall–Kier alpha value is -2.37. The average molecular weight is 218 g/mol. The summed E-state index contributed by atoms with van der Waals surface area (Å²) in [5.74, 6) is 5.02. The molecule has 16 heavy (non-hydrogen) atoms. The van der Waals surface area contributed by atoms with E-state index in [0.29, 0.717) is 16.4 Å². The number of nitrogen functional groups attached to an aromatic ring is 1. The van der Waals surface area contributed by atoms with Crippen molar-refractivity contribution >= 4 is 21.9 Å². The molecule has 0 spiro atoms. The predicted molar refractivity (Wildman–Crippen MR) is 58.0 cm³/mol. The molecule has 3 aromatic rings. The largest absolute Gasteiger partial charge is 0.349 e. The molecule has 80 valence electrons. The first-order chi connectivity index (χ1) is 7.66. The highest BCUT2D eigenvalue weighted by atomic mass is 19.1. The zero-order chi connectivity index (χ0) is 11.3. The maximum atomic E-state index is 13.1. The van der Waals surface area contributed by atoms with Crippen molar-refractivity contribution in [1.29, 1.82) is 0 Å². The van der Waals surface area contributed by atoms with Gasteiger partial charge in [0.2, 0.25) is 0 Å². The number of fused-ring (bicyclic) bond motifs is 3. The van der Waals surface area contributed by atoms with E-state index in [9.17, 15) is 9.18 Å². The summed E-state index contributed by atoms with van der Waals surface area (Å²) >= 11 is 0. The minimum absolute atomic E-state index is 0.283. The number of rotatable bonds is 0. The maximum Gasteiger partial charge on any atom is 0.295 e. The molecule has 0 saturated carbocycles. The Morgan fingerprint density at radius 1 is 1.44 bits per heavy atom. The van der Waals surface area contributed by atoms with Gasteiger partial charge in [-0.15, -0.1) is 0 Å². The number of hydrogen-bond donors (Lipinski definition) is 2. The molecular formula is C10H7FN4O. The van der Waals surface area contributed by atoms with Crippen molar-refractivity contribution in [3.05, 3.63) is 40.7 Å². The lowest BCUT2D eigenvalue weighted by Crippen LogP contribution is -2.27. The van der Waals surface area contributed by atoms with Crippen LogP contribution < -0.4 is 11.4 Å². The van der Waals surface area contributed by atoms with Crippen LogP contribution in [0.25, 0.3) is 21.9 Å². The van der Waals surface area contributed by atoms with Crippen LogP contribution in [-0.2, 0) is 0 Å². The summed E-state index contributed by atoms with van der Waals surface area (Å²) in [5, 5.41) is 0.577. The summed E-state index contributed by atoms with van der Waals surface area (Å²) in [6, 6.07) is 4.22. The van der Waals surface area contributed by atoms with Crippen molar-refractivity contribution in [1.82, 2.24) is 14.6 Å². The topological polar surface area (TPSA) is 76.7 Å². The van der Waals surface area contributed by atoms with Gasteiger partial charge in [-0.2, -0.15) is 0 Å². The van der Waals surface area contributed by atoms with Crippen molar-refractivity contribution in [2.24, 2.45) is 0 Å². The molecule has 0 aliphatic heterocycles. The monoisotopic (exact) mass is 218 g/mol. The number of nitrogens with zero attached hydrogens (tertiary/aromatic N) is 2. The Morgan fingerprint density at radius 3 is 3.06 bits per heavy atom. The first-order valence-corrected chi connectivity index (χ1v) is 4.60. The van der Waals surface area contributed by atoms with E-state index >= 15 is 0 Å². The van der Waals surface area contributed by atoms with Gasteiger partial charge in [0.15, 0.2) is 0 Å². The Kier molecular flexibility index (Phi) is 1.57. The molecule has 6 heteroatoms. The van der Waals surface area contributed by atoms with Gasteiger partial charge in [0, 0.05) is 10.9 Å². The molecular weight excluding hydrogens is 211 g/mol. The molecule has 0 radical (unpaired) electrons. The number of aromatic amines is 1. The van der Waals surface area contributed by atoms with Gasteiger partial charge in [-0.1, -0.05) is 0 Å². The summed E-state index contributed by atoms with van der Waals surface area (Å²) in [6.45, 7) is 0. The Balaban J connectivity index is 2.61. The lowest BCUT2D eigenvalue weighted by Gasteiger charge is -1.94. The minimum Gasteiger partial charge on any atom is -0.349 e. The van der Waals surface area contributed by atoms with E-state index in [-0.39, 0.29) is 16.9 Å². The zero-order valence-electron chi connectivity index (χ0n) is 8.07. The number of hydrogen-bond acceptors (Lipinski definition) is 3. The van der Waals surface area contributed by atoms with E-state index in [1.165, 1.54) is 18.5 Å². The number of benzene rings is 1. The molecule has 5 nitrogen and oxygen atoms in total. The van der Waals surface area contributed by atoms with Crippen molar-refractivity contribution < 1.29 is 4.39 Å². The molecule has 0 amide bonds. The maximum absolute atomic E-state index is 13.1. The average Bonchev–Trinajstić information content (AvgIpc) is 2.62. The highest BCUT2D eigenvalue weighted by Crippen LogP contribution is 2.21. The van der Waals surface area contributed by atoms with Crippen LogP contribution >= 0.6 is 0 Å². The standard InChI is InChI=1S/C10H7FN4O/c11-5-1-2-7-6(3-5)8-9(14-7)10(16)15(12)4-13-8/h1-4,14H,12H2. The molecule has 0 aliphatic carbocycles. The van der Waals surface area contributed by atoms with Crippen molar-refractivity contribution in [2.45, 2.75) is 0 Å². The zero-order valence-corrected chi connectivity index (χ0v) is 8.07. The fraction of sp³-hybridized carbons (Fsp3) is 0. The quantitative estimate of drug-likeness (QED) is 0.546. The van der Waals surface area contributed by atoms with Crippen molar-refractivity contribution in [3.8, 4) is 0 Å². The summed E-state index contributed by atoms with van der Waals surface area (Å²) < 4.78 is 14.0. The normalized spacial score (nSPS) is 11.3. The number of aromatic nitrogens is 3. The first kappa shape index (κ1) is 8.90. The fourth-order valence-corrected chi connectivity index (χ4v) is 1.74. The van der Waals surface area contributed by atoms with Gasteiger partial charge in [-0.05, 0) is 18.2 Å². The SMILES string of the molecule is Nn1cnc2c([nH]c3ccc(F)cc32)c1=O. The van der Waals surface area contributed by atoms with E-state index in [2.05, 4.69) is 9.97 Å². The molecule has 1 aromatic carbocycles. The second-order valence-electron chi connectivity index (χ2n) is 3.50. The van der Waals surface area contributed by atoms with Gasteiger partial charge in [-0.25, -0.2) is 14.1 Å². The minimum atomic E-state index is -0.387. The van der Waals surface area contributed by atoms with E-state index in [4.69, 9.17) is 5.84 Å². The number of nitrogens with two attached hydrogens (primary N) is 1. The molecule has 0 fully saturated rings. The van der Waals surface area contributed by atoms with Gasteiger partial charge < -0.3 is 10.8 Å². The van der Waals surface area contributed by atoms with Crippen LogP contribution in [0.15, 0.2) is 29.3 Å². The van der Waals surface area contributed by atoms with Gasteiger partial charge >= 0.3 is 0 Å². The first-order valence-electron chi connectivity index (χ1n) is 4.60. The lowest BCUT2D eigenvalue weighted by atomic mass is 10.2. The third kappa shape index (κ3) is 1.04. The van der Waals surface area contributed by atoms with E-state index in [1.807, 2.05) is 0 Å². The highest BCUT2D eigenvalue weighted by Gasteiger charge is 2.10. The second-order valence-corrected chi connectivity index (χ2v) is 3.50. The van der Waals surface area contributed by atoms with Crippen LogP contribution in [0.1, 0.15) is 0 Å². The van der Waals surface area contributed by atoms with Crippen LogP contribution in [0, 0.1) is 5.82 Å². The molecule has 3 rings (SSSR count). The molecule has 0 saturated heterocycles. The Labute approximate surface area is 88.3 Å². The van der Waals surface area contributed by atoms with Crippen LogP contribution in [0.2, 0.25) is 0 Å². The number of nitrogens with one attached hydrogen (secondary N) is 1. The summed E-state index contributed by atoms with van der Waals surface area (Å²) in [7, 11) is 0. The van der Waals surface area contributed by atoms with Gasteiger partial charge in [0.1, 0.15) is 23.2 Å². The van der Waals surface area contributed by atoms with Gasteiger partial charge in [-0.3, -0.25) is 4.79 Å². The number of H-pyrrole nitrogens is 1. The molecule has 3 N–H and O–H groups in total. The van der Waals surface area contributed by atoms with Crippen LogP contribution in [0.4, 0.5) is 4.39 Å². The summed E-state index contributed by atoms with van der Waals surface area (Å²) in [4.78, 5) is 18.5. The molecule has 0 atom stereocenters. The molecule has 0 bridgehead atoms. The third-order valence-corrected chi connectivity index (χ3v) is 2.49. The van der Waals surface area contributed by atoms with Gasteiger partial charge in [0.05, 0.1) is 0 Å². The molecule has 0 aliphatic rings. The third-order valence-electron chi connectivity index (χ3n) is 2.49. The van der Waals surface area contributed by atoms with E-state index in [1.54, 1.807) is 6.07 Å². The van der Waals surface area contributed by atoms with Crippen LogP contribution in [0.3, 0.4) is 0 Å². The highest BCUT2D eigenvalue weighted by molar-refractivity contribution is 6.04. The van der Waals surface area contributed by atoms with Crippen LogP contribution in [0.5, 0.6) is 0 Å². The van der Waals surface area contributed by atoms with E-state index in [0.717, 1.165) is 4.68 Å². The number of halogens is 1. The second kappa shape index (κ2) is 2.82. The van der Waals surface area contributed by atoms with Gasteiger partial charge in [0.25, 0.3) is 5.56 Å². The summed E-state index contributed by atoms with van der Waals surface area (Å²) in [6.07, 6.45) is 1.21. The van der Waals surface area contributed by atoms with Crippen LogP contribution in [-0.4, -0.2) is 14.6 Å². The fourth-order valence-electron chi connectivity index (χ4n) is 1.74. The lowest BCUT2D eigenvalue weighted by molar-refractivity contribution is 0.630. The van der Waals surface area contributed by atoms with Crippen molar-refractivity contribution in [3.63, 3.8) is 0 Å². The molecule has 2 heterocycles. The molecule has 0 unspecified atom stereocenters. The Bertz CT molecular complexity index is 758. The smallest absolute Gasteiger partial charge is 0.295 e. The van der Waals surface area contributed by atoms with E-state index < -0.39 is 0 Å². The predicted octanol–water partition coefficient (Wildman–Crippen LogP) is 0.731. The Morgan fingerprint density at radius 2 is 2.25 bits per heavy atom. The molecule has 2 aromatic heterocycles.